The van der Waals surface area contributed by atoms with E-state index in [4.69, 9.17) is 9.47 Å². The molecule has 0 spiro atoms. The van der Waals surface area contributed by atoms with Crippen LogP contribution in [0.3, 0.4) is 0 Å². The number of ether oxygens (including phenoxy) is 2. The molecule has 13 nitrogen and oxygen atoms in total. The average Bonchev–Trinajstić information content (AvgIpc) is 3.25. The Balaban J connectivity index is 2.50. The Morgan fingerprint density at radius 1 is 0.619 bits per heavy atom. The first-order valence-corrected chi connectivity index (χ1v) is 27.0. The minimum atomic E-state index is -5.11. The van der Waals surface area contributed by atoms with Crippen molar-refractivity contribution in [2.75, 3.05) is 13.2 Å². The van der Waals surface area contributed by atoms with Crippen LogP contribution in [0.25, 0.3) is 0 Å². The van der Waals surface area contributed by atoms with Crippen molar-refractivity contribution in [1.29, 1.82) is 0 Å². The summed E-state index contributed by atoms with van der Waals surface area (Å²) in [6, 6.07) is -1.03. The number of aliphatic hydroxyl groups excluding tert-OH is 5. The highest BCUT2D eigenvalue weighted by Crippen LogP contribution is 2.26. The summed E-state index contributed by atoms with van der Waals surface area (Å²) in [5.74, 6) is -0.672. The number of nitrogens with one attached hydrogen (secondary N) is 1. The summed E-state index contributed by atoms with van der Waals surface area (Å²) in [6.07, 6.45) is 32.4. The summed E-state index contributed by atoms with van der Waals surface area (Å²) in [7, 11) is -5.11. The van der Waals surface area contributed by atoms with Crippen LogP contribution in [0.1, 0.15) is 232 Å². The van der Waals surface area contributed by atoms with Crippen molar-refractivity contribution < 1.29 is 57.0 Å². The lowest BCUT2D eigenvalue weighted by atomic mass is 9.99. The van der Waals surface area contributed by atoms with Crippen molar-refractivity contribution in [1.82, 2.24) is 5.32 Å². The Bertz CT molecular complexity index is 1190. The van der Waals surface area contributed by atoms with Gasteiger partial charge in [-0.05, 0) is 38.5 Å². The predicted octanol–water partition coefficient (Wildman–Crippen LogP) is 9.70. The normalized spacial score (nSPS) is 20.9. The van der Waals surface area contributed by atoms with Crippen LogP contribution in [-0.2, 0) is 28.9 Å². The molecule has 8 atom stereocenters. The first-order chi connectivity index (χ1) is 30.4. The van der Waals surface area contributed by atoms with E-state index in [1.807, 2.05) is 0 Å². The van der Waals surface area contributed by atoms with Gasteiger partial charge in [0, 0.05) is 0 Å². The smallest absolute Gasteiger partial charge is 0.394 e. The molecule has 0 aromatic rings. The Hall–Kier alpha value is -1.20. The second-order valence-electron chi connectivity index (χ2n) is 18.3. The molecular weight excluding hydrogens is 827 g/mol. The van der Waals surface area contributed by atoms with Crippen LogP contribution < -0.4 is 5.32 Å². The van der Waals surface area contributed by atoms with E-state index in [2.05, 4.69) is 35.5 Å². The second-order valence-corrected chi connectivity index (χ2v) is 19.3. The Labute approximate surface area is 383 Å². The molecule has 1 heterocycles. The zero-order valence-corrected chi connectivity index (χ0v) is 40.6. The maximum Gasteiger partial charge on any atom is 0.397 e. The fraction of sp³-hybridized carbons (Fsp3) is 0.939. The summed E-state index contributed by atoms with van der Waals surface area (Å²) >= 11 is 0. The van der Waals surface area contributed by atoms with E-state index < -0.39 is 78.5 Å². The summed E-state index contributed by atoms with van der Waals surface area (Å²) in [6.45, 7) is 3.29. The van der Waals surface area contributed by atoms with Gasteiger partial charge in [-0.3, -0.25) is 9.35 Å². The molecule has 0 aromatic carbocycles. The molecule has 63 heavy (non-hydrogen) atoms. The van der Waals surface area contributed by atoms with Gasteiger partial charge in [0.15, 0.2) is 6.29 Å². The lowest BCUT2D eigenvalue weighted by molar-refractivity contribution is -0.298. The van der Waals surface area contributed by atoms with E-state index in [0.717, 1.165) is 64.2 Å². The number of hydrogen-bond donors (Lipinski definition) is 7. The van der Waals surface area contributed by atoms with Crippen molar-refractivity contribution in [3.05, 3.63) is 12.2 Å². The number of carbonyl (C=O) groups is 1. The van der Waals surface area contributed by atoms with Gasteiger partial charge in [0.05, 0.1) is 25.4 Å². The molecule has 0 radical (unpaired) electrons. The number of rotatable bonds is 44. The molecule has 1 saturated heterocycles. The molecule has 0 saturated carbocycles. The molecular formula is C49H95NO12S. The monoisotopic (exact) mass is 922 g/mol. The molecule has 0 aromatic heterocycles. The summed E-state index contributed by atoms with van der Waals surface area (Å²) in [4.78, 5) is 13.2. The fourth-order valence-corrected chi connectivity index (χ4v) is 8.85. The van der Waals surface area contributed by atoms with Crippen LogP contribution in [0.5, 0.6) is 0 Å². The van der Waals surface area contributed by atoms with E-state index in [1.54, 1.807) is 0 Å². The molecule has 1 aliphatic rings. The second kappa shape index (κ2) is 39.9. The SMILES string of the molecule is CCCCCCCC/C=C\CCCCCCCCC(O)C(=O)NC(COC1OC(CO)C(O)C(OS(=O)(=O)O)C1O)C(O)CCCCCCCCCCCCCCCCCCCC. The molecule has 8 unspecified atom stereocenters. The standard InChI is InChI=1S/C49H95NO12S/c1-3-5-7-9-11-13-15-17-19-21-22-24-25-27-29-31-33-35-37-42(52)41(40-60-49-46(55)47(62-63(57,58)59)45(54)44(39-51)61-49)50-48(56)43(53)38-36-34-32-30-28-26-23-20-18-16-14-12-10-8-6-4-2/h18,20,41-47,49,51-55H,3-17,19,21-40H2,1-2H3,(H,50,56)(H,57,58,59)/b20-18-. The average molecular weight is 922 g/mol. The van der Waals surface area contributed by atoms with Crippen LogP contribution in [0.2, 0.25) is 0 Å². The molecule has 0 bridgehead atoms. The number of unbranched alkanes of at least 4 members (excludes halogenated alkanes) is 29. The van der Waals surface area contributed by atoms with Crippen LogP contribution in [-0.4, -0.2) is 107 Å². The summed E-state index contributed by atoms with van der Waals surface area (Å²) < 4.78 is 47.7. The van der Waals surface area contributed by atoms with Crippen LogP contribution >= 0.6 is 0 Å². The zero-order valence-electron chi connectivity index (χ0n) is 39.8. The van der Waals surface area contributed by atoms with Crippen molar-refractivity contribution in [3.8, 4) is 0 Å². The molecule has 1 rings (SSSR count). The first-order valence-electron chi connectivity index (χ1n) is 25.7. The van der Waals surface area contributed by atoms with E-state index in [9.17, 15) is 43.3 Å². The molecule has 0 aliphatic carbocycles. The van der Waals surface area contributed by atoms with Gasteiger partial charge in [-0.2, -0.15) is 8.42 Å². The highest BCUT2D eigenvalue weighted by Gasteiger charge is 2.48. The van der Waals surface area contributed by atoms with Gasteiger partial charge in [-0.25, -0.2) is 4.18 Å². The van der Waals surface area contributed by atoms with Crippen LogP contribution in [0.4, 0.5) is 0 Å². The lowest BCUT2D eigenvalue weighted by Gasteiger charge is -2.41. The Morgan fingerprint density at radius 3 is 1.43 bits per heavy atom. The Kier molecular flexibility index (Phi) is 37.9. The third-order valence-electron chi connectivity index (χ3n) is 12.4. The third kappa shape index (κ3) is 32.2. The van der Waals surface area contributed by atoms with E-state index in [-0.39, 0.29) is 6.42 Å². The highest BCUT2D eigenvalue weighted by atomic mass is 32.3. The highest BCUT2D eigenvalue weighted by molar-refractivity contribution is 7.80. The first kappa shape index (κ1) is 59.8. The quantitative estimate of drug-likeness (QED) is 0.0173. The number of carbonyl (C=O) groups excluding carboxylic acids is 1. The minimum Gasteiger partial charge on any atom is -0.394 e. The van der Waals surface area contributed by atoms with Crippen molar-refractivity contribution in [2.45, 2.75) is 281 Å². The number of hydrogen-bond acceptors (Lipinski definition) is 11. The van der Waals surface area contributed by atoms with Crippen LogP contribution in [0, 0.1) is 0 Å². The minimum absolute atomic E-state index is 0.255. The van der Waals surface area contributed by atoms with Crippen molar-refractivity contribution in [3.63, 3.8) is 0 Å². The third-order valence-corrected chi connectivity index (χ3v) is 12.9. The number of allylic oxidation sites excluding steroid dienone is 2. The molecule has 1 aliphatic heterocycles. The number of aliphatic hydroxyl groups is 5. The summed E-state index contributed by atoms with van der Waals surface area (Å²) in [5.41, 5.74) is 0. The maximum atomic E-state index is 13.2. The zero-order chi connectivity index (χ0) is 46.4. The molecule has 1 amide bonds. The van der Waals surface area contributed by atoms with Gasteiger partial charge < -0.3 is 40.3 Å². The van der Waals surface area contributed by atoms with Crippen LogP contribution in [0.15, 0.2) is 12.2 Å². The van der Waals surface area contributed by atoms with E-state index >= 15 is 0 Å². The van der Waals surface area contributed by atoms with Gasteiger partial charge in [0.25, 0.3) is 0 Å². The molecule has 374 valence electrons. The predicted molar refractivity (Wildman–Crippen MR) is 252 cm³/mol. The van der Waals surface area contributed by atoms with Crippen molar-refractivity contribution in [2.24, 2.45) is 0 Å². The lowest BCUT2D eigenvalue weighted by Crippen LogP contribution is -2.61. The molecule has 1 fully saturated rings. The van der Waals surface area contributed by atoms with Gasteiger partial charge in [-0.1, -0.05) is 206 Å². The van der Waals surface area contributed by atoms with Gasteiger partial charge in [0.1, 0.15) is 30.5 Å². The topological polar surface area (TPSA) is 212 Å². The van der Waals surface area contributed by atoms with Gasteiger partial charge >= 0.3 is 10.4 Å². The van der Waals surface area contributed by atoms with Crippen molar-refractivity contribution >= 4 is 16.3 Å². The van der Waals surface area contributed by atoms with Gasteiger partial charge in [-0.15, -0.1) is 0 Å². The largest absolute Gasteiger partial charge is 0.397 e. The number of amides is 1. The summed E-state index contributed by atoms with van der Waals surface area (Å²) in [5, 5.41) is 55.5. The Morgan fingerprint density at radius 2 is 1.02 bits per heavy atom. The maximum absolute atomic E-state index is 13.2. The van der Waals surface area contributed by atoms with E-state index in [0.29, 0.717) is 19.3 Å². The molecule has 7 N–H and O–H groups in total. The molecule has 14 heteroatoms. The fourth-order valence-electron chi connectivity index (χ4n) is 8.34. The van der Waals surface area contributed by atoms with Gasteiger partial charge in [0.2, 0.25) is 5.91 Å². The van der Waals surface area contributed by atoms with E-state index in [1.165, 1.54) is 128 Å².